The van der Waals surface area contributed by atoms with Crippen molar-refractivity contribution in [1.29, 1.82) is 0 Å². The molecule has 5 nitrogen and oxygen atoms in total. The molecule has 4 aromatic carbocycles. The Balaban J connectivity index is 1.82. The highest BCUT2D eigenvalue weighted by Gasteiger charge is 2.16. The standard InChI is InChI=1S/C27H25NO4/c1-17-7-8-26(31)27(13-17)32-25-6-4-5-20(16-25)28(21-9-18(2)11-23(29)14-21)22-10-19(3)12-24(30)15-22/h4-16,29-31H,1-3H3. The number of phenolic OH excluding ortho intramolecular Hbond substituents is 3. The van der Waals surface area contributed by atoms with Crippen LogP contribution in [0.15, 0.2) is 78.9 Å². The zero-order valence-electron chi connectivity index (χ0n) is 18.2. The van der Waals surface area contributed by atoms with Gasteiger partial charge in [0.05, 0.1) is 11.4 Å². The lowest BCUT2D eigenvalue weighted by molar-refractivity contribution is 0.411. The van der Waals surface area contributed by atoms with E-state index in [9.17, 15) is 15.3 Å². The summed E-state index contributed by atoms with van der Waals surface area (Å²) in [6.07, 6.45) is 0. The Morgan fingerprint density at radius 1 is 0.594 bits per heavy atom. The minimum atomic E-state index is 0.0603. The number of nitrogens with zero attached hydrogens (tertiary/aromatic N) is 1. The van der Waals surface area contributed by atoms with Gasteiger partial charge in [-0.3, -0.25) is 0 Å². The van der Waals surface area contributed by atoms with Crippen LogP contribution in [0.4, 0.5) is 17.1 Å². The number of ether oxygens (including phenoxy) is 1. The number of phenols is 3. The summed E-state index contributed by atoms with van der Waals surface area (Å²) in [5, 5.41) is 30.6. The summed E-state index contributed by atoms with van der Waals surface area (Å²) >= 11 is 0. The van der Waals surface area contributed by atoms with Gasteiger partial charge in [0.25, 0.3) is 0 Å². The predicted octanol–water partition coefficient (Wildman–Crippen LogP) is 6.99. The van der Waals surface area contributed by atoms with Crippen LogP contribution in [0.2, 0.25) is 0 Å². The first-order valence-corrected chi connectivity index (χ1v) is 10.3. The van der Waals surface area contributed by atoms with Gasteiger partial charge in [-0.2, -0.15) is 0 Å². The summed E-state index contributed by atoms with van der Waals surface area (Å²) in [6.45, 7) is 5.75. The highest BCUT2D eigenvalue weighted by Crippen LogP contribution is 2.40. The second kappa shape index (κ2) is 8.55. The molecule has 3 N–H and O–H groups in total. The third kappa shape index (κ3) is 4.62. The first-order chi connectivity index (χ1) is 15.3. The molecular weight excluding hydrogens is 402 g/mol. The van der Waals surface area contributed by atoms with E-state index in [4.69, 9.17) is 4.74 Å². The first-order valence-electron chi connectivity index (χ1n) is 10.3. The molecule has 0 fully saturated rings. The lowest BCUT2D eigenvalue weighted by atomic mass is 10.1. The molecule has 0 radical (unpaired) electrons. The lowest BCUT2D eigenvalue weighted by Crippen LogP contribution is -2.10. The smallest absolute Gasteiger partial charge is 0.169 e. The van der Waals surface area contributed by atoms with E-state index in [1.54, 1.807) is 36.4 Å². The van der Waals surface area contributed by atoms with E-state index in [1.807, 2.05) is 68.1 Å². The van der Waals surface area contributed by atoms with Gasteiger partial charge in [-0.25, -0.2) is 0 Å². The quantitative estimate of drug-likeness (QED) is 0.320. The highest BCUT2D eigenvalue weighted by molar-refractivity contribution is 5.79. The van der Waals surface area contributed by atoms with Crippen LogP contribution >= 0.6 is 0 Å². The molecule has 0 aliphatic rings. The van der Waals surface area contributed by atoms with Crippen molar-refractivity contribution in [3.8, 4) is 28.7 Å². The molecule has 4 rings (SSSR count). The van der Waals surface area contributed by atoms with Crippen molar-refractivity contribution in [2.75, 3.05) is 4.90 Å². The summed E-state index contributed by atoms with van der Waals surface area (Å²) in [5.41, 5.74) is 5.02. The van der Waals surface area contributed by atoms with E-state index in [2.05, 4.69) is 0 Å². The van der Waals surface area contributed by atoms with E-state index in [0.29, 0.717) is 11.5 Å². The number of hydrogen-bond donors (Lipinski definition) is 3. The molecule has 5 heteroatoms. The lowest BCUT2D eigenvalue weighted by Gasteiger charge is -2.27. The normalized spacial score (nSPS) is 10.7. The molecule has 0 atom stereocenters. The molecule has 0 bridgehead atoms. The molecule has 0 heterocycles. The first kappa shape index (κ1) is 21.1. The van der Waals surface area contributed by atoms with Crippen LogP contribution in [-0.2, 0) is 0 Å². The average Bonchev–Trinajstić information content (AvgIpc) is 2.70. The molecule has 0 amide bonds. The summed E-state index contributed by atoms with van der Waals surface area (Å²) in [4.78, 5) is 1.93. The van der Waals surface area contributed by atoms with E-state index in [1.165, 1.54) is 0 Å². The molecule has 0 aliphatic carbocycles. The van der Waals surface area contributed by atoms with Gasteiger partial charge in [0.15, 0.2) is 11.5 Å². The van der Waals surface area contributed by atoms with E-state index in [0.717, 1.165) is 33.8 Å². The Labute approximate surface area is 187 Å². The molecule has 0 aromatic heterocycles. The molecule has 0 unspecified atom stereocenters. The van der Waals surface area contributed by atoms with Gasteiger partial charge < -0.3 is 25.0 Å². The van der Waals surface area contributed by atoms with E-state index < -0.39 is 0 Å². The summed E-state index contributed by atoms with van der Waals surface area (Å²) in [5.74, 6) is 1.28. The Bertz CT molecular complexity index is 1190. The number of aryl methyl sites for hydroxylation is 3. The number of hydrogen-bond acceptors (Lipinski definition) is 5. The van der Waals surface area contributed by atoms with Crippen LogP contribution in [0.1, 0.15) is 16.7 Å². The van der Waals surface area contributed by atoms with E-state index >= 15 is 0 Å². The highest BCUT2D eigenvalue weighted by atomic mass is 16.5. The van der Waals surface area contributed by atoms with Gasteiger partial charge in [0.2, 0.25) is 0 Å². The number of aromatic hydroxyl groups is 3. The monoisotopic (exact) mass is 427 g/mol. The van der Waals surface area contributed by atoms with Gasteiger partial charge in [-0.1, -0.05) is 12.1 Å². The maximum atomic E-state index is 10.2. The predicted molar refractivity (Wildman–Crippen MR) is 127 cm³/mol. The number of rotatable bonds is 5. The Morgan fingerprint density at radius 3 is 1.81 bits per heavy atom. The Morgan fingerprint density at radius 2 is 1.22 bits per heavy atom. The molecule has 32 heavy (non-hydrogen) atoms. The summed E-state index contributed by atoms with van der Waals surface area (Å²) in [7, 11) is 0. The molecule has 162 valence electrons. The van der Waals surface area contributed by atoms with Crippen molar-refractivity contribution >= 4 is 17.1 Å². The van der Waals surface area contributed by atoms with Crippen molar-refractivity contribution < 1.29 is 20.1 Å². The third-order valence-corrected chi connectivity index (χ3v) is 5.03. The third-order valence-electron chi connectivity index (χ3n) is 5.03. The minimum absolute atomic E-state index is 0.0603. The van der Waals surface area contributed by atoms with Crippen LogP contribution in [0.5, 0.6) is 28.7 Å². The molecule has 0 spiro atoms. The number of anilines is 3. The minimum Gasteiger partial charge on any atom is -0.508 e. The SMILES string of the molecule is Cc1cc(O)cc(N(c2cc(C)cc(O)c2)c2cccc(Oc3cc(C)ccc3O)c2)c1. The van der Waals surface area contributed by atoms with Crippen molar-refractivity contribution in [2.45, 2.75) is 20.8 Å². The Kier molecular flexibility index (Phi) is 5.65. The van der Waals surface area contributed by atoms with Crippen molar-refractivity contribution in [2.24, 2.45) is 0 Å². The average molecular weight is 428 g/mol. The maximum absolute atomic E-state index is 10.2. The van der Waals surface area contributed by atoms with Gasteiger partial charge in [-0.15, -0.1) is 0 Å². The van der Waals surface area contributed by atoms with E-state index in [-0.39, 0.29) is 17.2 Å². The van der Waals surface area contributed by atoms with Crippen molar-refractivity contribution in [3.63, 3.8) is 0 Å². The van der Waals surface area contributed by atoms with Crippen LogP contribution in [0, 0.1) is 20.8 Å². The largest absolute Gasteiger partial charge is 0.508 e. The zero-order chi connectivity index (χ0) is 22.8. The fraction of sp³-hybridized carbons (Fsp3) is 0.111. The van der Waals surface area contributed by atoms with Gasteiger partial charge in [0, 0.05) is 23.9 Å². The zero-order valence-corrected chi connectivity index (χ0v) is 18.2. The summed E-state index contributed by atoms with van der Waals surface area (Å²) in [6, 6.07) is 23.3. The van der Waals surface area contributed by atoms with Crippen LogP contribution in [0.25, 0.3) is 0 Å². The van der Waals surface area contributed by atoms with Crippen molar-refractivity contribution in [1.82, 2.24) is 0 Å². The maximum Gasteiger partial charge on any atom is 0.169 e. The van der Waals surface area contributed by atoms with Gasteiger partial charge in [-0.05, 0) is 86.0 Å². The van der Waals surface area contributed by atoms with Crippen LogP contribution in [-0.4, -0.2) is 15.3 Å². The van der Waals surface area contributed by atoms with Crippen LogP contribution < -0.4 is 9.64 Å². The fourth-order valence-electron chi connectivity index (χ4n) is 3.71. The molecule has 0 aliphatic heterocycles. The van der Waals surface area contributed by atoms with Gasteiger partial charge in [0.1, 0.15) is 17.2 Å². The Hall–Kier alpha value is -4.12. The fourth-order valence-corrected chi connectivity index (χ4v) is 3.71. The van der Waals surface area contributed by atoms with Crippen LogP contribution in [0.3, 0.4) is 0 Å². The molecule has 0 saturated heterocycles. The molecular formula is C27H25NO4. The van der Waals surface area contributed by atoms with Gasteiger partial charge >= 0.3 is 0 Å². The summed E-state index contributed by atoms with van der Waals surface area (Å²) < 4.78 is 5.97. The topological polar surface area (TPSA) is 73.2 Å². The molecule has 0 saturated carbocycles. The number of benzene rings is 4. The second-order valence-corrected chi connectivity index (χ2v) is 7.96. The van der Waals surface area contributed by atoms with Crippen molar-refractivity contribution in [3.05, 3.63) is 95.6 Å². The second-order valence-electron chi connectivity index (χ2n) is 7.96. The molecule has 4 aromatic rings.